The van der Waals surface area contributed by atoms with E-state index in [1.165, 1.54) is 64.2 Å². The van der Waals surface area contributed by atoms with Crippen molar-refractivity contribution in [3.8, 4) is 0 Å². The molecule has 0 aromatic rings. The van der Waals surface area contributed by atoms with Crippen LogP contribution in [-0.2, 0) is 4.79 Å². The summed E-state index contributed by atoms with van der Waals surface area (Å²) in [4.78, 5) is 12.2. The lowest BCUT2D eigenvalue weighted by Gasteiger charge is -2.26. The SMILES string of the molecule is CCCCC/C=C\CCCCCCCC(=O)NC(CO)C(O)C(O)CCC/C=C/CCCCCC. The van der Waals surface area contributed by atoms with Crippen molar-refractivity contribution in [2.75, 3.05) is 6.61 Å². The lowest BCUT2D eigenvalue weighted by molar-refractivity contribution is -0.124. The highest BCUT2D eigenvalue weighted by Gasteiger charge is 2.26. The minimum Gasteiger partial charge on any atom is -0.394 e. The summed E-state index contributed by atoms with van der Waals surface area (Å²) in [5.74, 6) is -0.170. The molecule has 0 bridgehead atoms. The van der Waals surface area contributed by atoms with Gasteiger partial charge in [-0.15, -0.1) is 0 Å². The normalized spacial score (nSPS) is 14.5. The van der Waals surface area contributed by atoms with Gasteiger partial charge < -0.3 is 20.6 Å². The maximum Gasteiger partial charge on any atom is 0.220 e. The molecule has 0 saturated carbocycles. The number of allylic oxidation sites excluding steroid dienone is 4. The molecule has 0 aromatic heterocycles. The van der Waals surface area contributed by atoms with Crippen LogP contribution in [0.3, 0.4) is 0 Å². The summed E-state index contributed by atoms with van der Waals surface area (Å²) in [5, 5.41) is 32.9. The number of hydrogen-bond donors (Lipinski definition) is 4. The molecule has 3 unspecified atom stereocenters. The molecule has 5 heteroatoms. The smallest absolute Gasteiger partial charge is 0.220 e. The molecular weight excluding hydrogens is 438 g/mol. The maximum atomic E-state index is 12.2. The lowest BCUT2D eigenvalue weighted by Crippen LogP contribution is -2.50. The molecule has 0 fully saturated rings. The van der Waals surface area contributed by atoms with Crippen LogP contribution in [0, 0.1) is 0 Å². The predicted octanol–water partition coefficient (Wildman–Crippen LogP) is 6.75. The molecule has 0 spiro atoms. The van der Waals surface area contributed by atoms with Gasteiger partial charge in [0.25, 0.3) is 0 Å². The zero-order valence-electron chi connectivity index (χ0n) is 22.9. The Kier molecular flexibility index (Phi) is 25.0. The molecule has 5 nitrogen and oxygen atoms in total. The summed E-state index contributed by atoms with van der Waals surface area (Å²) >= 11 is 0. The molecule has 35 heavy (non-hydrogen) atoms. The van der Waals surface area contributed by atoms with Crippen molar-refractivity contribution in [2.45, 2.75) is 154 Å². The van der Waals surface area contributed by atoms with Gasteiger partial charge in [0.05, 0.1) is 18.8 Å². The Morgan fingerprint density at radius 1 is 0.686 bits per heavy atom. The van der Waals surface area contributed by atoms with E-state index in [9.17, 15) is 20.1 Å². The monoisotopic (exact) mass is 495 g/mol. The number of aliphatic hydroxyl groups excluding tert-OH is 3. The Morgan fingerprint density at radius 3 is 1.71 bits per heavy atom. The zero-order chi connectivity index (χ0) is 26.0. The summed E-state index contributed by atoms with van der Waals surface area (Å²) < 4.78 is 0. The molecule has 0 rings (SSSR count). The first-order chi connectivity index (χ1) is 17.1. The molecular formula is C30H57NO4. The number of rotatable bonds is 25. The zero-order valence-corrected chi connectivity index (χ0v) is 22.9. The van der Waals surface area contributed by atoms with Gasteiger partial charge in [-0.25, -0.2) is 0 Å². The third-order valence-corrected chi connectivity index (χ3v) is 6.53. The fourth-order valence-corrected chi connectivity index (χ4v) is 4.15. The van der Waals surface area contributed by atoms with Crippen LogP contribution in [0.2, 0.25) is 0 Å². The Morgan fingerprint density at radius 2 is 1.14 bits per heavy atom. The van der Waals surface area contributed by atoms with Crippen LogP contribution in [0.15, 0.2) is 24.3 Å². The van der Waals surface area contributed by atoms with E-state index in [1.54, 1.807) is 0 Å². The summed E-state index contributed by atoms with van der Waals surface area (Å²) in [6.45, 7) is 4.05. The van der Waals surface area contributed by atoms with Crippen molar-refractivity contribution < 1.29 is 20.1 Å². The van der Waals surface area contributed by atoms with Crippen LogP contribution < -0.4 is 5.32 Å². The van der Waals surface area contributed by atoms with Gasteiger partial charge in [0, 0.05) is 6.42 Å². The highest BCUT2D eigenvalue weighted by atomic mass is 16.3. The van der Waals surface area contributed by atoms with Crippen molar-refractivity contribution in [1.29, 1.82) is 0 Å². The minimum absolute atomic E-state index is 0.170. The van der Waals surface area contributed by atoms with E-state index in [-0.39, 0.29) is 12.5 Å². The second-order valence-corrected chi connectivity index (χ2v) is 9.94. The fraction of sp³-hybridized carbons (Fsp3) is 0.833. The molecule has 1 amide bonds. The lowest BCUT2D eigenvalue weighted by atomic mass is 10.0. The van der Waals surface area contributed by atoms with E-state index < -0.39 is 18.2 Å². The van der Waals surface area contributed by atoms with E-state index in [1.807, 2.05) is 0 Å². The molecule has 0 heterocycles. The number of nitrogens with one attached hydrogen (secondary N) is 1. The first-order valence-corrected chi connectivity index (χ1v) is 14.6. The van der Waals surface area contributed by atoms with E-state index in [0.717, 1.165) is 44.9 Å². The summed E-state index contributed by atoms with van der Waals surface area (Å²) in [5.41, 5.74) is 0. The van der Waals surface area contributed by atoms with Crippen molar-refractivity contribution in [2.24, 2.45) is 0 Å². The number of carbonyl (C=O) groups excluding carboxylic acids is 1. The Labute approximate surface area is 216 Å². The van der Waals surface area contributed by atoms with Crippen LogP contribution in [0.4, 0.5) is 0 Å². The molecule has 206 valence electrons. The topological polar surface area (TPSA) is 89.8 Å². The standard InChI is InChI=1S/C30H57NO4/c1-3-5-7-9-11-13-14-15-17-19-21-23-25-29(34)31-27(26-32)30(35)28(33)24-22-20-18-16-12-10-8-6-4-2/h11,13,16,18,27-28,30,32-33,35H,3-10,12,14-15,17,19-26H2,1-2H3,(H,31,34)/b13-11-,18-16+. The van der Waals surface area contributed by atoms with Crippen LogP contribution in [-0.4, -0.2) is 46.1 Å². The average Bonchev–Trinajstić information content (AvgIpc) is 2.86. The van der Waals surface area contributed by atoms with E-state index in [0.29, 0.717) is 12.8 Å². The molecule has 0 aliphatic carbocycles. The van der Waals surface area contributed by atoms with Crippen LogP contribution in [0.1, 0.15) is 136 Å². The quantitative estimate of drug-likeness (QED) is 0.0833. The highest BCUT2D eigenvalue weighted by molar-refractivity contribution is 5.76. The molecule has 0 saturated heterocycles. The van der Waals surface area contributed by atoms with E-state index >= 15 is 0 Å². The number of hydrogen-bond acceptors (Lipinski definition) is 4. The second kappa shape index (κ2) is 25.9. The Hall–Kier alpha value is -1.17. The summed E-state index contributed by atoms with van der Waals surface area (Å²) in [6.07, 6.45) is 26.9. The summed E-state index contributed by atoms with van der Waals surface area (Å²) in [6, 6.07) is -0.823. The van der Waals surface area contributed by atoms with Crippen LogP contribution in [0.5, 0.6) is 0 Å². The van der Waals surface area contributed by atoms with Gasteiger partial charge in [0.15, 0.2) is 0 Å². The molecule has 3 atom stereocenters. The molecule has 0 aliphatic heterocycles. The number of aliphatic hydroxyl groups is 3. The maximum absolute atomic E-state index is 12.2. The first-order valence-electron chi connectivity index (χ1n) is 14.6. The minimum atomic E-state index is -1.16. The van der Waals surface area contributed by atoms with E-state index in [4.69, 9.17) is 0 Å². The molecule has 0 radical (unpaired) electrons. The number of unbranched alkanes of at least 4 members (excludes halogenated alkanes) is 13. The fourth-order valence-electron chi connectivity index (χ4n) is 4.15. The van der Waals surface area contributed by atoms with Crippen LogP contribution in [0.25, 0.3) is 0 Å². The van der Waals surface area contributed by atoms with Gasteiger partial charge >= 0.3 is 0 Å². The number of amides is 1. The van der Waals surface area contributed by atoms with Crippen molar-refractivity contribution in [3.63, 3.8) is 0 Å². The highest BCUT2D eigenvalue weighted by Crippen LogP contribution is 2.12. The van der Waals surface area contributed by atoms with Gasteiger partial charge in [-0.1, -0.05) is 89.5 Å². The van der Waals surface area contributed by atoms with Gasteiger partial charge in [-0.2, -0.15) is 0 Å². The van der Waals surface area contributed by atoms with E-state index in [2.05, 4.69) is 43.5 Å². The second-order valence-electron chi connectivity index (χ2n) is 9.94. The largest absolute Gasteiger partial charge is 0.394 e. The molecule has 0 aromatic carbocycles. The van der Waals surface area contributed by atoms with Crippen LogP contribution >= 0.6 is 0 Å². The third-order valence-electron chi connectivity index (χ3n) is 6.53. The number of carbonyl (C=O) groups is 1. The molecule has 0 aliphatic rings. The van der Waals surface area contributed by atoms with Gasteiger partial charge in [-0.05, 0) is 64.2 Å². The van der Waals surface area contributed by atoms with Gasteiger partial charge in [-0.3, -0.25) is 4.79 Å². The van der Waals surface area contributed by atoms with Crippen molar-refractivity contribution in [3.05, 3.63) is 24.3 Å². The first kappa shape index (κ1) is 33.8. The predicted molar refractivity (Wildman–Crippen MR) is 148 cm³/mol. The van der Waals surface area contributed by atoms with Gasteiger partial charge in [0.1, 0.15) is 6.10 Å². The Bertz CT molecular complexity index is 520. The Balaban J connectivity index is 3.85. The van der Waals surface area contributed by atoms with Gasteiger partial charge in [0.2, 0.25) is 5.91 Å². The average molecular weight is 496 g/mol. The molecule has 4 N–H and O–H groups in total. The summed E-state index contributed by atoms with van der Waals surface area (Å²) in [7, 11) is 0. The van der Waals surface area contributed by atoms with Crippen molar-refractivity contribution in [1.82, 2.24) is 5.32 Å². The third kappa shape index (κ3) is 21.8. The van der Waals surface area contributed by atoms with Crippen molar-refractivity contribution >= 4 is 5.91 Å².